The van der Waals surface area contributed by atoms with Gasteiger partial charge in [-0.2, -0.15) is 5.10 Å². The molecular formula is C17H12F3N3O2S. The van der Waals surface area contributed by atoms with Crippen LogP contribution in [0.5, 0.6) is 5.75 Å². The number of carbonyl (C=O) groups is 1. The Hall–Kier alpha value is -2.68. The third-order valence-electron chi connectivity index (χ3n) is 3.97. The molecule has 0 radical (unpaired) electrons. The molecule has 1 aromatic heterocycles. The minimum absolute atomic E-state index is 0.0570. The molecule has 134 valence electrons. The molecule has 0 aliphatic carbocycles. The number of aromatic amines is 1. The standard InChI is InChI=1S/C17H12F3N3O2S/c18-17(19,20)25-13-4-1-10(2-5-13)16-23(15(24)9-26-16)12-3-6-14-11(7-12)8-21-22-14/h1-8,16H,9H2,(H,21,22). The van der Waals surface area contributed by atoms with E-state index in [1.54, 1.807) is 23.2 Å². The molecule has 4 rings (SSSR count). The Balaban J connectivity index is 1.63. The molecule has 1 fully saturated rings. The summed E-state index contributed by atoms with van der Waals surface area (Å²) < 4.78 is 40.8. The summed E-state index contributed by atoms with van der Waals surface area (Å²) in [5.41, 5.74) is 2.30. The second-order valence-electron chi connectivity index (χ2n) is 5.69. The van der Waals surface area contributed by atoms with Crippen molar-refractivity contribution in [1.82, 2.24) is 10.2 Å². The van der Waals surface area contributed by atoms with Gasteiger partial charge in [0.05, 0.1) is 17.5 Å². The van der Waals surface area contributed by atoms with Gasteiger partial charge in [0, 0.05) is 11.1 Å². The number of rotatable bonds is 3. The van der Waals surface area contributed by atoms with Crippen molar-refractivity contribution in [2.45, 2.75) is 11.7 Å². The van der Waals surface area contributed by atoms with E-state index in [0.29, 0.717) is 5.75 Å². The molecule has 0 saturated carbocycles. The van der Waals surface area contributed by atoms with E-state index in [4.69, 9.17) is 0 Å². The normalized spacial score (nSPS) is 17.9. The van der Waals surface area contributed by atoms with Crippen molar-refractivity contribution in [2.24, 2.45) is 0 Å². The average Bonchev–Trinajstić information content (AvgIpc) is 3.19. The molecule has 0 spiro atoms. The van der Waals surface area contributed by atoms with Gasteiger partial charge in [0.15, 0.2) is 0 Å². The summed E-state index contributed by atoms with van der Waals surface area (Å²) in [4.78, 5) is 14.0. The van der Waals surface area contributed by atoms with Crippen LogP contribution in [0.1, 0.15) is 10.9 Å². The van der Waals surface area contributed by atoms with Crippen LogP contribution in [0.15, 0.2) is 48.7 Å². The van der Waals surface area contributed by atoms with Crippen LogP contribution in [-0.2, 0) is 4.79 Å². The number of benzene rings is 2. The summed E-state index contributed by atoms with van der Waals surface area (Å²) in [6.07, 6.45) is -3.06. The van der Waals surface area contributed by atoms with Gasteiger partial charge in [0.1, 0.15) is 11.1 Å². The first kappa shape index (κ1) is 16.8. The molecule has 1 unspecified atom stereocenters. The van der Waals surface area contributed by atoms with E-state index >= 15 is 0 Å². The number of anilines is 1. The smallest absolute Gasteiger partial charge is 0.406 e. The first-order chi connectivity index (χ1) is 12.4. The lowest BCUT2D eigenvalue weighted by atomic mass is 10.1. The SMILES string of the molecule is O=C1CSC(c2ccc(OC(F)(F)F)cc2)N1c1ccc2[nH]ncc2c1. The Kier molecular flexibility index (Phi) is 4.03. The maximum Gasteiger partial charge on any atom is 0.573 e. The quantitative estimate of drug-likeness (QED) is 0.740. The molecular weight excluding hydrogens is 367 g/mol. The molecule has 1 N–H and O–H groups in total. The largest absolute Gasteiger partial charge is 0.573 e. The van der Waals surface area contributed by atoms with E-state index in [1.807, 2.05) is 18.2 Å². The van der Waals surface area contributed by atoms with E-state index in [9.17, 15) is 18.0 Å². The van der Waals surface area contributed by atoms with Crippen molar-refractivity contribution in [3.63, 3.8) is 0 Å². The van der Waals surface area contributed by atoms with E-state index in [0.717, 1.165) is 22.2 Å². The van der Waals surface area contributed by atoms with Gasteiger partial charge in [0.2, 0.25) is 5.91 Å². The van der Waals surface area contributed by atoms with Gasteiger partial charge in [-0.1, -0.05) is 12.1 Å². The summed E-state index contributed by atoms with van der Waals surface area (Å²) >= 11 is 1.42. The summed E-state index contributed by atoms with van der Waals surface area (Å²) in [5.74, 6) is -0.0464. The van der Waals surface area contributed by atoms with Crippen LogP contribution in [0.2, 0.25) is 0 Å². The number of amides is 1. The van der Waals surface area contributed by atoms with Crippen LogP contribution in [-0.4, -0.2) is 28.2 Å². The van der Waals surface area contributed by atoms with Gasteiger partial charge in [-0.3, -0.25) is 14.8 Å². The second kappa shape index (κ2) is 6.24. The lowest BCUT2D eigenvalue weighted by Gasteiger charge is -2.24. The Morgan fingerprint density at radius 2 is 1.96 bits per heavy atom. The number of fused-ring (bicyclic) bond motifs is 1. The zero-order chi connectivity index (χ0) is 18.3. The number of carbonyl (C=O) groups excluding carboxylic acids is 1. The Labute approximate surface area is 150 Å². The highest BCUT2D eigenvalue weighted by Gasteiger charge is 2.35. The molecule has 0 bridgehead atoms. The predicted molar refractivity (Wildman–Crippen MR) is 91.9 cm³/mol. The third-order valence-corrected chi connectivity index (χ3v) is 5.18. The molecule has 1 aliphatic heterocycles. The summed E-state index contributed by atoms with van der Waals surface area (Å²) in [6.45, 7) is 0. The number of halogens is 3. The Bertz CT molecular complexity index is 956. The number of nitrogens with one attached hydrogen (secondary N) is 1. The maximum absolute atomic E-state index is 12.4. The summed E-state index contributed by atoms with van der Waals surface area (Å²) in [6, 6.07) is 11.1. The van der Waals surface area contributed by atoms with Gasteiger partial charge in [-0.25, -0.2) is 0 Å². The topological polar surface area (TPSA) is 58.2 Å². The van der Waals surface area contributed by atoms with Gasteiger partial charge in [-0.15, -0.1) is 24.9 Å². The van der Waals surface area contributed by atoms with Gasteiger partial charge < -0.3 is 4.74 Å². The fraction of sp³-hybridized carbons (Fsp3) is 0.176. The van der Waals surface area contributed by atoms with Crippen LogP contribution < -0.4 is 9.64 Å². The molecule has 2 heterocycles. The lowest BCUT2D eigenvalue weighted by molar-refractivity contribution is -0.274. The second-order valence-corrected chi connectivity index (χ2v) is 6.75. The number of aromatic nitrogens is 2. The van der Waals surface area contributed by atoms with E-state index < -0.39 is 6.36 Å². The van der Waals surface area contributed by atoms with E-state index in [2.05, 4.69) is 14.9 Å². The minimum atomic E-state index is -4.73. The van der Waals surface area contributed by atoms with Gasteiger partial charge in [0.25, 0.3) is 0 Å². The predicted octanol–water partition coefficient (Wildman–Crippen LogP) is 4.24. The van der Waals surface area contributed by atoms with Crippen molar-refractivity contribution in [3.05, 3.63) is 54.2 Å². The molecule has 2 aromatic carbocycles. The fourth-order valence-electron chi connectivity index (χ4n) is 2.86. The van der Waals surface area contributed by atoms with Crippen molar-refractivity contribution in [1.29, 1.82) is 0 Å². The van der Waals surface area contributed by atoms with Crippen LogP contribution in [0.3, 0.4) is 0 Å². The summed E-state index contributed by atoms with van der Waals surface area (Å²) in [7, 11) is 0. The molecule has 3 aromatic rings. The Morgan fingerprint density at radius 1 is 1.19 bits per heavy atom. The minimum Gasteiger partial charge on any atom is -0.406 e. The lowest BCUT2D eigenvalue weighted by Crippen LogP contribution is -2.27. The average molecular weight is 379 g/mol. The molecule has 1 amide bonds. The molecule has 26 heavy (non-hydrogen) atoms. The van der Waals surface area contributed by atoms with Crippen LogP contribution in [0.25, 0.3) is 10.9 Å². The maximum atomic E-state index is 12.4. The number of ether oxygens (including phenoxy) is 1. The number of hydrogen-bond donors (Lipinski definition) is 1. The van der Waals surface area contributed by atoms with Crippen molar-refractivity contribution >= 4 is 34.3 Å². The highest BCUT2D eigenvalue weighted by Crippen LogP contribution is 2.42. The zero-order valence-electron chi connectivity index (χ0n) is 13.2. The highest BCUT2D eigenvalue weighted by atomic mass is 32.2. The molecule has 1 saturated heterocycles. The monoisotopic (exact) mass is 379 g/mol. The third kappa shape index (κ3) is 3.22. The van der Waals surface area contributed by atoms with Crippen molar-refractivity contribution < 1.29 is 22.7 Å². The van der Waals surface area contributed by atoms with Gasteiger partial charge in [-0.05, 0) is 35.9 Å². The van der Waals surface area contributed by atoms with Crippen molar-refractivity contribution in [3.8, 4) is 5.75 Å². The number of thioether (sulfide) groups is 1. The molecule has 9 heteroatoms. The fourth-order valence-corrected chi connectivity index (χ4v) is 4.04. The first-order valence-electron chi connectivity index (χ1n) is 7.63. The van der Waals surface area contributed by atoms with Gasteiger partial charge >= 0.3 is 6.36 Å². The zero-order valence-corrected chi connectivity index (χ0v) is 14.0. The number of H-pyrrole nitrogens is 1. The van der Waals surface area contributed by atoms with Crippen LogP contribution >= 0.6 is 11.8 Å². The molecule has 1 atom stereocenters. The van der Waals surface area contributed by atoms with E-state index in [1.165, 1.54) is 23.9 Å². The number of alkyl halides is 3. The van der Waals surface area contributed by atoms with Crippen molar-refractivity contribution in [2.75, 3.05) is 10.7 Å². The first-order valence-corrected chi connectivity index (χ1v) is 8.68. The Morgan fingerprint density at radius 3 is 2.69 bits per heavy atom. The van der Waals surface area contributed by atoms with E-state index in [-0.39, 0.29) is 17.0 Å². The molecule has 1 aliphatic rings. The molecule has 5 nitrogen and oxygen atoms in total. The number of nitrogens with zero attached hydrogens (tertiary/aromatic N) is 2. The summed E-state index contributed by atoms with van der Waals surface area (Å²) in [5, 5.41) is 7.38. The number of hydrogen-bond acceptors (Lipinski definition) is 4. The van der Waals surface area contributed by atoms with Crippen LogP contribution in [0.4, 0.5) is 18.9 Å². The highest BCUT2D eigenvalue weighted by molar-refractivity contribution is 8.00. The van der Waals surface area contributed by atoms with Crippen LogP contribution in [0, 0.1) is 0 Å².